The van der Waals surface area contributed by atoms with E-state index in [1.165, 1.54) is 21.5 Å². The van der Waals surface area contributed by atoms with Crippen LogP contribution in [0, 0.1) is 0 Å². The summed E-state index contributed by atoms with van der Waals surface area (Å²) in [6.45, 7) is 2.63. The van der Waals surface area contributed by atoms with Crippen LogP contribution >= 0.6 is 20.8 Å². The second kappa shape index (κ2) is 11.1. The Morgan fingerprint density at radius 3 is 1.83 bits per heavy atom. The van der Waals surface area contributed by atoms with E-state index in [9.17, 15) is 4.79 Å². The van der Waals surface area contributed by atoms with Crippen molar-refractivity contribution in [1.82, 2.24) is 0 Å². The van der Waals surface area contributed by atoms with E-state index in [1.807, 2.05) is 48.5 Å². The van der Waals surface area contributed by atoms with Crippen molar-refractivity contribution in [2.24, 2.45) is 0 Å². The summed E-state index contributed by atoms with van der Waals surface area (Å²) in [5.74, 6) is -0.321. The Bertz CT molecular complexity index is 1790. The summed E-state index contributed by atoms with van der Waals surface area (Å²) >= 11 is 4.45. The van der Waals surface area contributed by atoms with Crippen molar-refractivity contribution in [3.63, 3.8) is 0 Å². The number of benzene rings is 6. The number of esters is 1. The van der Waals surface area contributed by atoms with Gasteiger partial charge in [-0.2, -0.15) is 0 Å². The first-order valence-corrected chi connectivity index (χ1v) is 18.3. The van der Waals surface area contributed by atoms with E-state index in [0.717, 1.165) is 21.9 Å². The topological polar surface area (TPSA) is 26.3 Å². The van der Waals surface area contributed by atoms with Crippen LogP contribution in [0.2, 0.25) is 0 Å². The molecule has 0 radical (unpaired) electrons. The van der Waals surface area contributed by atoms with Gasteiger partial charge >= 0.3 is 220 Å². The summed E-state index contributed by atoms with van der Waals surface area (Å²) in [6, 6.07) is 52.2. The fourth-order valence-corrected chi connectivity index (χ4v) is 11.7. The Morgan fingerprint density at radius 2 is 1.17 bits per heavy atom. The Balaban J connectivity index is 1.40. The van der Waals surface area contributed by atoms with Gasteiger partial charge in [-0.25, -0.2) is 0 Å². The predicted octanol–water partition coefficient (Wildman–Crippen LogP) is 8.63. The van der Waals surface area contributed by atoms with Gasteiger partial charge in [-0.3, -0.25) is 0 Å². The van der Waals surface area contributed by atoms with Crippen LogP contribution in [0.25, 0.3) is 21.9 Å². The molecular weight excluding hydrogens is 587 g/mol. The zero-order chi connectivity index (χ0) is 28.3. The van der Waals surface area contributed by atoms with Crippen LogP contribution in [0.5, 0.6) is 0 Å². The van der Waals surface area contributed by atoms with Gasteiger partial charge in [-0.05, 0) is 0 Å². The van der Waals surface area contributed by atoms with Gasteiger partial charge in [0.1, 0.15) is 0 Å². The molecule has 0 fully saturated rings. The van der Waals surface area contributed by atoms with E-state index < -0.39 is 5.31 Å². The molecule has 4 heteroatoms. The van der Waals surface area contributed by atoms with Crippen molar-refractivity contribution in [2.75, 3.05) is 6.66 Å². The molecule has 0 aliphatic rings. The summed E-state index contributed by atoms with van der Waals surface area (Å²) in [6.07, 6.45) is 0. The fourth-order valence-electron chi connectivity index (χ4n) is 5.52. The number of rotatable bonds is 7. The van der Waals surface area contributed by atoms with Gasteiger partial charge < -0.3 is 0 Å². The molecule has 0 heterocycles. The molecule has 2 nitrogen and oxygen atoms in total. The molecule has 0 spiro atoms. The van der Waals surface area contributed by atoms with Crippen LogP contribution < -0.4 is 15.9 Å². The second-order valence-corrected chi connectivity index (χ2v) is 20.1. The van der Waals surface area contributed by atoms with E-state index in [2.05, 4.69) is 125 Å². The van der Waals surface area contributed by atoms with Crippen LogP contribution in [0.1, 0.15) is 15.9 Å². The number of fused-ring (bicyclic) bond motifs is 1. The summed E-state index contributed by atoms with van der Waals surface area (Å²) in [5, 5.41) is 2.90. The minimum atomic E-state index is -3.00. The Kier molecular flexibility index (Phi) is 7.34. The Morgan fingerprint density at radius 1 is 0.634 bits per heavy atom. The SMILES string of the molecule is CP(Br)(c1ccccc1)(c1ccccc1)c1ccccc1-c1ccc2cc(C(=O)OCc3ccccc3)ccc2c1. The van der Waals surface area contributed by atoms with Gasteiger partial charge in [0.2, 0.25) is 0 Å². The fraction of sp³-hybridized carbons (Fsp3) is 0.0541. The van der Waals surface area contributed by atoms with Gasteiger partial charge in [0.05, 0.1) is 0 Å². The molecule has 0 unspecified atom stereocenters. The van der Waals surface area contributed by atoms with Crippen molar-refractivity contribution >= 4 is 53.5 Å². The average Bonchev–Trinajstić information content (AvgIpc) is 3.04. The molecule has 0 saturated heterocycles. The van der Waals surface area contributed by atoms with Crippen molar-refractivity contribution in [2.45, 2.75) is 6.61 Å². The second-order valence-electron chi connectivity index (χ2n) is 10.5. The van der Waals surface area contributed by atoms with E-state index in [1.54, 1.807) is 0 Å². The van der Waals surface area contributed by atoms with Gasteiger partial charge in [0, 0.05) is 0 Å². The van der Waals surface area contributed by atoms with Crippen molar-refractivity contribution in [1.29, 1.82) is 0 Å². The van der Waals surface area contributed by atoms with E-state index in [4.69, 9.17) is 4.74 Å². The first kappa shape index (κ1) is 27.1. The predicted molar refractivity (Wildman–Crippen MR) is 179 cm³/mol. The molecule has 0 aromatic heterocycles. The quantitative estimate of drug-likeness (QED) is 0.132. The Hall–Kier alpha value is -4.04. The number of carbonyl (C=O) groups excluding carboxylic acids is 1. The normalized spacial score (nSPS) is 12.4. The van der Waals surface area contributed by atoms with E-state index in [0.29, 0.717) is 5.56 Å². The zero-order valence-electron chi connectivity index (χ0n) is 22.8. The summed E-state index contributed by atoms with van der Waals surface area (Å²) in [4.78, 5) is 12.8. The first-order chi connectivity index (χ1) is 19.9. The van der Waals surface area contributed by atoms with Crippen molar-refractivity contribution in [3.8, 4) is 11.1 Å². The number of halogens is 1. The summed E-state index contributed by atoms with van der Waals surface area (Å²) in [5.41, 5.74) is 3.84. The number of hydrogen-bond donors (Lipinski definition) is 0. The summed E-state index contributed by atoms with van der Waals surface area (Å²) in [7, 11) is 0. The molecule has 0 bridgehead atoms. The molecule has 6 aromatic carbocycles. The van der Waals surface area contributed by atoms with Crippen LogP contribution in [0.3, 0.4) is 0 Å². The minimum absolute atomic E-state index is 0.256. The number of ether oxygens (including phenoxy) is 1. The molecule has 0 aliphatic heterocycles. The molecule has 0 aliphatic carbocycles. The van der Waals surface area contributed by atoms with E-state index >= 15 is 0 Å². The molecule has 6 aromatic rings. The van der Waals surface area contributed by atoms with Gasteiger partial charge in [0.25, 0.3) is 0 Å². The van der Waals surface area contributed by atoms with Crippen LogP contribution in [-0.4, -0.2) is 12.6 Å². The molecule has 6 rings (SSSR count). The molecule has 202 valence electrons. The standard InChI is InChI=1S/C37H30BrO2P/c1-41(38,33-15-7-3-8-16-33,34-17-9-4-10-18-34)36-20-12-11-19-35(36)31-23-21-30-26-32(24-22-29(30)25-31)37(39)40-27-28-13-5-2-6-14-28/h2-26H,27H2,1H3. The van der Waals surface area contributed by atoms with Gasteiger partial charge in [-0.1, -0.05) is 30.3 Å². The average molecular weight is 618 g/mol. The number of carbonyl (C=O) groups is 1. The maximum atomic E-state index is 12.8. The summed E-state index contributed by atoms with van der Waals surface area (Å²) < 4.78 is 5.56. The van der Waals surface area contributed by atoms with Crippen molar-refractivity contribution < 1.29 is 9.53 Å². The molecule has 41 heavy (non-hydrogen) atoms. The maximum absolute atomic E-state index is 12.8. The monoisotopic (exact) mass is 616 g/mol. The van der Waals surface area contributed by atoms with Crippen LogP contribution in [0.4, 0.5) is 0 Å². The third-order valence-electron chi connectivity index (χ3n) is 7.82. The number of hydrogen-bond acceptors (Lipinski definition) is 2. The third-order valence-corrected chi connectivity index (χ3v) is 16.0. The van der Waals surface area contributed by atoms with Crippen LogP contribution in [-0.2, 0) is 11.3 Å². The first-order valence-electron chi connectivity index (χ1n) is 13.6. The van der Waals surface area contributed by atoms with Crippen LogP contribution in [0.15, 0.2) is 152 Å². The molecule has 0 atom stereocenters. The molecule has 0 amide bonds. The third kappa shape index (κ3) is 5.12. The van der Waals surface area contributed by atoms with Gasteiger partial charge in [-0.15, -0.1) is 0 Å². The van der Waals surface area contributed by atoms with E-state index in [-0.39, 0.29) is 12.6 Å². The van der Waals surface area contributed by atoms with Crippen molar-refractivity contribution in [3.05, 3.63) is 163 Å². The molecule has 0 saturated carbocycles. The molecule has 0 N–H and O–H groups in total. The zero-order valence-corrected chi connectivity index (χ0v) is 25.3. The Labute approximate surface area is 249 Å². The molecular formula is C37H30BrO2P. The van der Waals surface area contributed by atoms with Gasteiger partial charge in [0.15, 0.2) is 0 Å².